The SMILES string of the molecule is Cc1cc(C)c(N/C=C(/C#N)C(=O)Nc2cccc(Cl)c2C)c(Cl)c1. The molecule has 2 aromatic carbocycles. The number of carbonyl (C=O) groups is 1. The number of hydrogen-bond donors (Lipinski definition) is 2. The molecule has 2 N–H and O–H groups in total. The molecule has 0 radical (unpaired) electrons. The average molecular weight is 374 g/mol. The average Bonchev–Trinajstić information content (AvgIpc) is 2.54. The highest BCUT2D eigenvalue weighted by Crippen LogP contribution is 2.27. The second-order valence-corrected chi connectivity index (χ2v) is 6.43. The standard InChI is InChI=1S/C19H17Cl2N3O/c1-11-7-12(2)18(16(21)8-11)23-10-14(9-22)19(25)24-17-6-4-5-15(20)13(17)3/h4-8,10,23H,1-3H3,(H,24,25)/b14-10-. The monoisotopic (exact) mass is 373 g/mol. The first-order valence-electron chi connectivity index (χ1n) is 7.53. The second-order valence-electron chi connectivity index (χ2n) is 5.62. The fourth-order valence-electron chi connectivity index (χ4n) is 2.32. The van der Waals surface area contributed by atoms with Gasteiger partial charge in [0, 0.05) is 16.9 Å². The third kappa shape index (κ3) is 4.54. The molecule has 0 saturated heterocycles. The number of amides is 1. The Kier molecular flexibility index (Phi) is 6.08. The van der Waals surface area contributed by atoms with Gasteiger partial charge in [-0.25, -0.2) is 0 Å². The van der Waals surface area contributed by atoms with E-state index in [1.807, 2.05) is 32.0 Å². The first-order chi connectivity index (χ1) is 11.8. The minimum absolute atomic E-state index is 0.0737. The van der Waals surface area contributed by atoms with E-state index in [0.717, 1.165) is 16.7 Å². The van der Waals surface area contributed by atoms with Crippen LogP contribution in [0.3, 0.4) is 0 Å². The molecule has 0 saturated carbocycles. The van der Waals surface area contributed by atoms with Gasteiger partial charge in [0.1, 0.15) is 11.6 Å². The van der Waals surface area contributed by atoms with Crippen LogP contribution in [-0.2, 0) is 4.79 Å². The number of rotatable bonds is 4. The van der Waals surface area contributed by atoms with Crippen molar-refractivity contribution in [1.29, 1.82) is 5.26 Å². The van der Waals surface area contributed by atoms with Crippen LogP contribution in [0.5, 0.6) is 0 Å². The highest BCUT2D eigenvalue weighted by Gasteiger charge is 2.12. The summed E-state index contributed by atoms with van der Waals surface area (Å²) in [6.07, 6.45) is 1.35. The Labute approximate surface area is 157 Å². The van der Waals surface area contributed by atoms with Crippen molar-refractivity contribution >= 4 is 40.5 Å². The van der Waals surface area contributed by atoms with E-state index in [0.29, 0.717) is 21.4 Å². The summed E-state index contributed by atoms with van der Waals surface area (Å²) in [5, 5.41) is 16.0. The number of hydrogen-bond acceptors (Lipinski definition) is 3. The lowest BCUT2D eigenvalue weighted by Gasteiger charge is -2.11. The minimum Gasteiger partial charge on any atom is -0.359 e. The number of carbonyl (C=O) groups excluding carboxylic acids is 1. The zero-order chi connectivity index (χ0) is 18.6. The molecule has 2 rings (SSSR count). The van der Waals surface area contributed by atoms with Gasteiger partial charge < -0.3 is 10.6 Å². The highest BCUT2D eigenvalue weighted by molar-refractivity contribution is 6.33. The van der Waals surface area contributed by atoms with Crippen LogP contribution < -0.4 is 10.6 Å². The van der Waals surface area contributed by atoms with Crippen LogP contribution in [0.15, 0.2) is 42.1 Å². The van der Waals surface area contributed by atoms with Crippen molar-refractivity contribution in [2.75, 3.05) is 10.6 Å². The van der Waals surface area contributed by atoms with Crippen molar-refractivity contribution < 1.29 is 4.79 Å². The number of aryl methyl sites for hydroxylation is 2. The predicted molar refractivity (Wildman–Crippen MR) is 103 cm³/mol. The summed E-state index contributed by atoms with van der Waals surface area (Å²) in [4.78, 5) is 12.3. The quantitative estimate of drug-likeness (QED) is 0.558. The summed E-state index contributed by atoms with van der Waals surface area (Å²) in [6.45, 7) is 5.64. The van der Waals surface area contributed by atoms with Crippen molar-refractivity contribution in [2.45, 2.75) is 20.8 Å². The van der Waals surface area contributed by atoms with Gasteiger partial charge in [-0.1, -0.05) is 35.3 Å². The Bertz CT molecular complexity index is 875. The zero-order valence-corrected chi connectivity index (χ0v) is 15.6. The lowest BCUT2D eigenvalue weighted by atomic mass is 10.1. The molecule has 25 heavy (non-hydrogen) atoms. The fraction of sp³-hybridized carbons (Fsp3) is 0.158. The molecule has 1 amide bonds. The van der Waals surface area contributed by atoms with E-state index in [9.17, 15) is 10.1 Å². The van der Waals surface area contributed by atoms with Crippen LogP contribution in [0.1, 0.15) is 16.7 Å². The first-order valence-corrected chi connectivity index (χ1v) is 8.29. The predicted octanol–water partition coefficient (Wildman–Crippen LogP) is 5.38. The van der Waals surface area contributed by atoms with Crippen molar-refractivity contribution in [3.05, 3.63) is 68.8 Å². The van der Waals surface area contributed by atoms with E-state index >= 15 is 0 Å². The number of halogens is 2. The summed E-state index contributed by atoms with van der Waals surface area (Å²) < 4.78 is 0. The number of nitriles is 1. The first kappa shape index (κ1) is 18.9. The molecule has 0 aliphatic heterocycles. The topological polar surface area (TPSA) is 64.9 Å². The van der Waals surface area contributed by atoms with E-state index in [4.69, 9.17) is 23.2 Å². The van der Waals surface area contributed by atoms with Crippen molar-refractivity contribution in [3.8, 4) is 6.07 Å². The second kappa shape index (κ2) is 8.06. The summed E-state index contributed by atoms with van der Waals surface area (Å²) in [6, 6.07) is 10.8. The van der Waals surface area contributed by atoms with Gasteiger partial charge in [0.05, 0.1) is 10.7 Å². The van der Waals surface area contributed by atoms with Crippen LogP contribution in [0.25, 0.3) is 0 Å². The fourth-order valence-corrected chi connectivity index (χ4v) is 2.87. The molecule has 0 aliphatic rings. The van der Waals surface area contributed by atoms with Crippen molar-refractivity contribution in [1.82, 2.24) is 0 Å². The lowest BCUT2D eigenvalue weighted by molar-refractivity contribution is -0.112. The summed E-state index contributed by atoms with van der Waals surface area (Å²) in [5.41, 5.74) is 3.84. The van der Waals surface area contributed by atoms with Gasteiger partial charge in [0.2, 0.25) is 0 Å². The molecule has 4 nitrogen and oxygen atoms in total. The number of anilines is 2. The molecular formula is C19H17Cl2N3O. The number of benzene rings is 2. The molecule has 0 bridgehead atoms. The molecular weight excluding hydrogens is 357 g/mol. The van der Waals surface area contributed by atoms with Gasteiger partial charge in [-0.3, -0.25) is 4.79 Å². The normalized spacial score (nSPS) is 11.0. The van der Waals surface area contributed by atoms with E-state index in [1.54, 1.807) is 25.1 Å². The van der Waals surface area contributed by atoms with Crippen LogP contribution in [0.2, 0.25) is 10.0 Å². The van der Waals surface area contributed by atoms with Gasteiger partial charge in [0.25, 0.3) is 5.91 Å². The molecule has 0 unspecified atom stereocenters. The van der Waals surface area contributed by atoms with E-state index in [2.05, 4.69) is 10.6 Å². The maximum absolute atomic E-state index is 12.3. The minimum atomic E-state index is -0.527. The Morgan fingerprint density at radius 1 is 1.16 bits per heavy atom. The van der Waals surface area contributed by atoms with Gasteiger partial charge in [-0.2, -0.15) is 5.26 Å². The molecule has 0 fully saturated rings. The Hall–Kier alpha value is -2.48. The molecule has 128 valence electrons. The van der Waals surface area contributed by atoms with Crippen molar-refractivity contribution in [3.63, 3.8) is 0 Å². The summed E-state index contributed by atoms with van der Waals surface area (Å²) >= 11 is 12.3. The molecule has 0 aliphatic carbocycles. The van der Waals surface area contributed by atoms with Crippen molar-refractivity contribution in [2.24, 2.45) is 0 Å². The Morgan fingerprint density at radius 3 is 2.52 bits per heavy atom. The maximum atomic E-state index is 12.3. The largest absolute Gasteiger partial charge is 0.359 e. The van der Waals surface area contributed by atoms with Gasteiger partial charge in [-0.15, -0.1) is 0 Å². The van der Waals surface area contributed by atoms with E-state index in [-0.39, 0.29) is 5.57 Å². The molecule has 0 spiro atoms. The molecule has 2 aromatic rings. The smallest absolute Gasteiger partial charge is 0.267 e. The third-order valence-corrected chi connectivity index (χ3v) is 4.38. The summed E-state index contributed by atoms with van der Waals surface area (Å²) in [7, 11) is 0. The highest BCUT2D eigenvalue weighted by atomic mass is 35.5. The Balaban J connectivity index is 2.22. The molecule has 0 aromatic heterocycles. The molecule has 6 heteroatoms. The number of nitrogens with zero attached hydrogens (tertiary/aromatic N) is 1. The van der Waals surface area contributed by atoms with Crippen LogP contribution in [-0.4, -0.2) is 5.91 Å². The molecule has 0 heterocycles. The third-order valence-electron chi connectivity index (χ3n) is 3.67. The van der Waals surface area contributed by atoms with Crippen LogP contribution in [0.4, 0.5) is 11.4 Å². The number of nitrogens with one attached hydrogen (secondary N) is 2. The maximum Gasteiger partial charge on any atom is 0.267 e. The zero-order valence-electron chi connectivity index (χ0n) is 14.1. The van der Waals surface area contributed by atoms with Gasteiger partial charge in [-0.05, 0) is 55.7 Å². The summed E-state index contributed by atoms with van der Waals surface area (Å²) in [5.74, 6) is -0.527. The Morgan fingerprint density at radius 2 is 1.88 bits per heavy atom. The molecule has 0 atom stereocenters. The van der Waals surface area contributed by atoms with E-state index < -0.39 is 5.91 Å². The van der Waals surface area contributed by atoms with E-state index in [1.165, 1.54) is 6.20 Å². The van der Waals surface area contributed by atoms with Crippen LogP contribution >= 0.6 is 23.2 Å². The van der Waals surface area contributed by atoms with Gasteiger partial charge >= 0.3 is 0 Å². The van der Waals surface area contributed by atoms with Crippen LogP contribution in [0, 0.1) is 32.1 Å². The lowest BCUT2D eigenvalue weighted by Crippen LogP contribution is -2.15. The van der Waals surface area contributed by atoms with Gasteiger partial charge in [0.15, 0.2) is 0 Å².